The third-order valence-corrected chi connectivity index (χ3v) is 3.02. The highest BCUT2D eigenvalue weighted by molar-refractivity contribution is 7.05. The maximum Gasteiger partial charge on any atom is 0.290 e. The summed E-state index contributed by atoms with van der Waals surface area (Å²) in [4.78, 5) is 24.8. The zero-order chi connectivity index (χ0) is 10.1. The normalized spacial score (nSPS) is 16.8. The van der Waals surface area contributed by atoms with Crippen molar-refractivity contribution in [3.05, 3.63) is 10.6 Å². The minimum Gasteiger partial charge on any atom is -0.330 e. The number of aromatic nitrogens is 2. The first-order valence-electron chi connectivity index (χ1n) is 4.28. The van der Waals surface area contributed by atoms with Gasteiger partial charge in [-0.1, -0.05) is 4.49 Å². The zero-order valence-corrected chi connectivity index (χ0v) is 8.50. The summed E-state index contributed by atoms with van der Waals surface area (Å²) in [5.74, 6) is -0.669. The van der Waals surface area contributed by atoms with Crippen molar-refractivity contribution in [2.45, 2.75) is 19.9 Å². The number of aryl methyl sites for hydroxylation is 1. The molecule has 14 heavy (non-hydrogen) atoms. The molecule has 0 saturated carbocycles. The van der Waals surface area contributed by atoms with Crippen LogP contribution in [0.5, 0.6) is 0 Å². The van der Waals surface area contributed by atoms with Crippen LogP contribution in [0.4, 0.5) is 0 Å². The molecule has 1 aliphatic heterocycles. The van der Waals surface area contributed by atoms with Gasteiger partial charge in [0.05, 0.1) is 17.1 Å². The molecule has 0 aliphatic carbocycles. The predicted octanol–water partition coefficient (Wildman–Crippen LogP) is 0.148. The van der Waals surface area contributed by atoms with Crippen molar-refractivity contribution < 1.29 is 9.59 Å². The Labute approximate surface area is 84.9 Å². The second kappa shape index (κ2) is 3.45. The van der Waals surface area contributed by atoms with Gasteiger partial charge in [0.2, 0.25) is 5.78 Å². The SMILES string of the molecule is Cc1nnsc1CN1CCC(=O)C1=O. The molecule has 6 heteroatoms. The van der Waals surface area contributed by atoms with Gasteiger partial charge in [0, 0.05) is 13.0 Å². The van der Waals surface area contributed by atoms with Gasteiger partial charge in [0.15, 0.2) is 0 Å². The lowest BCUT2D eigenvalue weighted by Crippen LogP contribution is -2.26. The maximum atomic E-state index is 11.3. The van der Waals surface area contributed by atoms with Crippen molar-refractivity contribution in [2.75, 3.05) is 6.54 Å². The van der Waals surface area contributed by atoms with Crippen molar-refractivity contribution in [1.29, 1.82) is 0 Å². The molecular weight excluding hydrogens is 202 g/mol. The summed E-state index contributed by atoms with van der Waals surface area (Å²) in [6, 6.07) is 0. The van der Waals surface area contributed by atoms with E-state index in [4.69, 9.17) is 0 Å². The number of likely N-dealkylation sites (tertiary alicyclic amines) is 1. The van der Waals surface area contributed by atoms with Crippen LogP contribution >= 0.6 is 11.5 Å². The molecule has 1 aromatic rings. The Kier molecular flexibility index (Phi) is 2.28. The van der Waals surface area contributed by atoms with E-state index in [0.29, 0.717) is 19.5 Å². The Morgan fingerprint density at radius 1 is 1.50 bits per heavy atom. The lowest BCUT2D eigenvalue weighted by molar-refractivity contribution is -0.140. The van der Waals surface area contributed by atoms with Gasteiger partial charge in [-0.05, 0) is 18.5 Å². The molecule has 1 aliphatic rings. The number of nitrogens with zero attached hydrogens (tertiary/aromatic N) is 3. The van der Waals surface area contributed by atoms with Crippen LogP contribution in [0.15, 0.2) is 0 Å². The van der Waals surface area contributed by atoms with Crippen molar-refractivity contribution in [2.24, 2.45) is 0 Å². The molecule has 0 spiro atoms. The van der Waals surface area contributed by atoms with Crippen LogP contribution in [0.1, 0.15) is 17.0 Å². The third kappa shape index (κ3) is 1.52. The number of Topliss-reactive ketones (excluding diaryl/α,β-unsaturated/α-hetero) is 1. The Hall–Kier alpha value is -1.30. The van der Waals surface area contributed by atoms with E-state index in [-0.39, 0.29) is 11.7 Å². The molecule has 2 rings (SSSR count). The molecule has 0 aromatic carbocycles. The first-order valence-corrected chi connectivity index (χ1v) is 5.06. The fourth-order valence-electron chi connectivity index (χ4n) is 1.34. The van der Waals surface area contributed by atoms with Gasteiger partial charge in [-0.15, -0.1) is 5.10 Å². The second-order valence-corrected chi connectivity index (χ2v) is 4.02. The van der Waals surface area contributed by atoms with Crippen LogP contribution in [0.3, 0.4) is 0 Å². The molecule has 1 fully saturated rings. The van der Waals surface area contributed by atoms with Gasteiger partial charge in [-0.2, -0.15) is 0 Å². The number of rotatable bonds is 2. The van der Waals surface area contributed by atoms with E-state index in [1.54, 1.807) is 4.90 Å². The summed E-state index contributed by atoms with van der Waals surface area (Å²) >= 11 is 1.27. The largest absolute Gasteiger partial charge is 0.330 e. The highest BCUT2D eigenvalue weighted by Gasteiger charge is 2.29. The van der Waals surface area contributed by atoms with E-state index in [1.165, 1.54) is 11.5 Å². The van der Waals surface area contributed by atoms with Crippen LogP contribution in [0.25, 0.3) is 0 Å². The highest BCUT2D eigenvalue weighted by atomic mass is 32.1. The number of ketones is 1. The van der Waals surface area contributed by atoms with Crippen molar-refractivity contribution in [1.82, 2.24) is 14.5 Å². The molecule has 0 radical (unpaired) electrons. The molecule has 0 N–H and O–H groups in total. The summed E-state index contributed by atoms with van der Waals surface area (Å²) < 4.78 is 3.78. The molecule has 2 heterocycles. The summed E-state index contributed by atoms with van der Waals surface area (Å²) in [5.41, 5.74) is 0.835. The third-order valence-electron chi connectivity index (χ3n) is 2.21. The van der Waals surface area contributed by atoms with Crippen molar-refractivity contribution in [3.63, 3.8) is 0 Å². The lowest BCUT2D eigenvalue weighted by Gasteiger charge is -2.12. The van der Waals surface area contributed by atoms with E-state index in [1.807, 2.05) is 6.92 Å². The summed E-state index contributed by atoms with van der Waals surface area (Å²) in [5, 5.41) is 3.85. The van der Waals surface area contributed by atoms with E-state index >= 15 is 0 Å². The van der Waals surface area contributed by atoms with Gasteiger partial charge in [0.1, 0.15) is 0 Å². The Morgan fingerprint density at radius 3 is 2.79 bits per heavy atom. The highest BCUT2D eigenvalue weighted by Crippen LogP contribution is 2.16. The van der Waals surface area contributed by atoms with Gasteiger partial charge in [-0.3, -0.25) is 9.59 Å². The van der Waals surface area contributed by atoms with E-state index in [9.17, 15) is 9.59 Å². The number of hydrogen-bond donors (Lipinski definition) is 0. The first-order chi connectivity index (χ1) is 6.68. The number of hydrogen-bond acceptors (Lipinski definition) is 5. The molecule has 0 atom stereocenters. The van der Waals surface area contributed by atoms with Gasteiger partial charge in [0.25, 0.3) is 5.91 Å². The van der Waals surface area contributed by atoms with Crippen LogP contribution < -0.4 is 0 Å². The van der Waals surface area contributed by atoms with Gasteiger partial charge >= 0.3 is 0 Å². The zero-order valence-electron chi connectivity index (χ0n) is 7.69. The molecule has 1 aromatic heterocycles. The molecule has 0 unspecified atom stereocenters. The average molecular weight is 211 g/mol. The number of amides is 1. The summed E-state index contributed by atoms with van der Waals surface area (Å²) in [6.45, 7) is 2.84. The van der Waals surface area contributed by atoms with Crippen LogP contribution in [0.2, 0.25) is 0 Å². The quantitative estimate of drug-likeness (QED) is 0.653. The van der Waals surface area contributed by atoms with Crippen LogP contribution in [-0.4, -0.2) is 32.7 Å². The number of carbonyl (C=O) groups is 2. The predicted molar refractivity (Wildman–Crippen MR) is 49.7 cm³/mol. The van der Waals surface area contributed by atoms with Crippen molar-refractivity contribution in [3.8, 4) is 0 Å². The molecule has 1 amide bonds. The first kappa shape index (κ1) is 9.26. The fraction of sp³-hybridized carbons (Fsp3) is 0.500. The lowest BCUT2D eigenvalue weighted by atomic mass is 10.3. The Balaban J connectivity index is 2.09. The average Bonchev–Trinajstić information content (AvgIpc) is 2.68. The van der Waals surface area contributed by atoms with Crippen LogP contribution in [0, 0.1) is 6.92 Å². The fourth-order valence-corrected chi connectivity index (χ4v) is 1.99. The molecule has 74 valence electrons. The van der Waals surface area contributed by atoms with Gasteiger partial charge < -0.3 is 4.90 Å². The molecular formula is C8H9N3O2S. The monoisotopic (exact) mass is 211 g/mol. The van der Waals surface area contributed by atoms with E-state index in [2.05, 4.69) is 9.59 Å². The Bertz CT molecular complexity index is 388. The smallest absolute Gasteiger partial charge is 0.290 e. The topological polar surface area (TPSA) is 63.2 Å². The molecule has 5 nitrogen and oxygen atoms in total. The van der Waals surface area contributed by atoms with Crippen LogP contribution in [-0.2, 0) is 16.1 Å². The number of carbonyl (C=O) groups excluding carboxylic acids is 2. The molecule has 0 bridgehead atoms. The maximum absolute atomic E-state index is 11.3. The second-order valence-electron chi connectivity index (χ2n) is 3.18. The standard InChI is InChI=1S/C8H9N3O2S/c1-5-7(14-10-9-5)4-11-3-2-6(12)8(11)13/h2-4H2,1H3. The molecule has 1 saturated heterocycles. The van der Waals surface area contributed by atoms with Crippen molar-refractivity contribution >= 4 is 23.2 Å². The minimum atomic E-state index is -0.377. The minimum absolute atomic E-state index is 0.292. The Morgan fingerprint density at radius 2 is 2.29 bits per heavy atom. The van der Waals surface area contributed by atoms with E-state index in [0.717, 1.165) is 10.6 Å². The summed E-state index contributed by atoms with van der Waals surface area (Å²) in [6.07, 6.45) is 0.337. The van der Waals surface area contributed by atoms with Gasteiger partial charge in [-0.25, -0.2) is 0 Å². The van der Waals surface area contributed by atoms with E-state index < -0.39 is 0 Å². The summed E-state index contributed by atoms with van der Waals surface area (Å²) in [7, 11) is 0.